The number of likely N-dealkylation sites (tertiary alicyclic amines) is 1. The third kappa shape index (κ3) is 3.12. The van der Waals surface area contributed by atoms with E-state index in [1.54, 1.807) is 17.0 Å². The number of ether oxygens (including phenoxy) is 1. The second-order valence-electron chi connectivity index (χ2n) is 5.67. The maximum Gasteiger partial charge on any atom is 0.324 e. The van der Waals surface area contributed by atoms with Crippen molar-refractivity contribution in [3.8, 4) is 5.75 Å². The first-order valence-electron chi connectivity index (χ1n) is 7.97. The molecule has 0 aliphatic carbocycles. The molecule has 5 amide bonds. The van der Waals surface area contributed by atoms with Crippen LogP contribution in [0, 0.1) is 0 Å². The number of amides is 5. The van der Waals surface area contributed by atoms with E-state index < -0.39 is 0 Å². The fourth-order valence-corrected chi connectivity index (χ4v) is 2.99. The first-order valence-corrected chi connectivity index (χ1v) is 7.97. The van der Waals surface area contributed by atoms with E-state index in [9.17, 15) is 14.4 Å². The molecule has 2 heterocycles. The van der Waals surface area contributed by atoms with Crippen molar-refractivity contribution in [2.75, 3.05) is 31.6 Å². The molecule has 3 rings (SSSR count). The van der Waals surface area contributed by atoms with E-state index in [0.29, 0.717) is 37.6 Å². The van der Waals surface area contributed by atoms with Gasteiger partial charge in [0.25, 0.3) is 0 Å². The highest BCUT2D eigenvalue weighted by atomic mass is 16.5. The van der Waals surface area contributed by atoms with Crippen LogP contribution in [0.4, 0.5) is 15.3 Å². The number of imide groups is 1. The number of benzene rings is 1. The lowest BCUT2D eigenvalue weighted by atomic mass is 10.2. The van der Waals surface area contributed by atoms with E-state index >= 15 is 0 Å². The number of hydrogen-bond acceptors (Lipinski definition) is 4. The number of para-hydroxylation sites is 2. The van der Waals surface area contributed by atoms with Gasteiger partial charge < -0.3 is 20.3 Å². The van der Waals surface area contributed by atoms with E-state index in [-0.39, 0.29) is 30.6 Å². The minimum Gasteiger partial charge on any atom is -0.492 e. The molecule has 1 unspecified atom stereocenters. The van der Waals surface area contributed by atoms with Gasteiger partial charge in [0.2, 0.25) is 5.91 Å². The van der Waals surface area contributed by atoms with Gasteiger partial charge in [-0.05, 0) is 25.5 Å². The molecule has 0 saturated carbocycles. The highest BCUT2D eigenvalue weighted by molar-refractivity contribution is 6.02. The highest BCUT2D eigenvalue weighted by Crippen LogP contribution is 2.25. The molecule has 2 N–H and O–H groups in total. The Balaban J connectivity index is 1.63. The molecule has 1 aromatic carbocycles. The van der Waals surface area contributed by atoms with Gasteiger partial charge in [0.05, 0.1) is 24.9 Å². The summed E-state index contributed by atoms with van der Waals surface area (Å²) in [6.07, 6.45) is 0.583. The van der Waals surface area contributed by atoms with E-state index in [4.69, 9.17) is 4.74 Å². The van der Waals surface area contributed by atoms with Gasteiger partial charge in [-0.25, -0.2) is 9.59 Å². The summed E-state index contributed by atoms with van der Waals surface area (Å²) in [5, 5.41) is 5.33. The number of urea groups is 2. The molecule has 1 atom stereocenters. The Hall–Kier alpha value is -2.77. The van der Waals surface area contributed by atoms with Crippen LogP contribution in [0.1, 0.15) is 13.3 Å². The zero-order valence-electron chi connectivity index (χ0n) is 13.4. The first kappa shape index (κ1) is 16.1. The predicted molar refractivity (Wildman–Crippen MR) is 86.9 cm³/mol. The fraction of sp³-hybridized carbons (Fsp3) is 0.438. The van der Waals surface area contributed by atoms with Crippen molar-refractivity contribution >= 4 is 23.7 Å². The molecule has 128 valence electrons. The van der Waals surface area contributed by atoms with Crippen molar-refractivity contribution in [1.29, 1.82) is 0 Å². The molecule has 2 aliphatic heterocycles. The Kier molecular flexibility index (Phi) is 4.54. The lowest BCUT2D eigenvalue weighted by Crippen LogP contribution is -2.43. The second kappa shape index (κ2) is 6.77. The number of nitrogens with zero attached hydrogens (tertiary/aromatic N) is 2. The molecule has 24 heavy (non-hydrogen) atoms. The van der Waals surface area contributed by atoms with Gasteiger partial charge in [-0.2, -0.15) is 0 Å². The summed E-state index contributed by atoms with van der Waals surface area (Å²) in [5.41, 5.74) is 0.600. The minimum absolute atomic E-state index is 0.0310. The monoisotopic (exact) mass is 332 g/mol. The number of rotatable bonds is 4. The van der Waals surface area contributed by atoms with Crippen LogP contribution in [-0.4, -0.2) is 60.1 Å². The second-order valence-corrected chi connectivity index (χ2v) is 5.67. The summed E-state index contributed by atoms with van der Waals surface area (Å²) in [5.74, 6) is 0.368. The summed E-state index contributed by atoms with van der Waals surface area (Å²) < 4.78 is 5.49. The molecule has 2 saturated heterocycles. The molecule has 0 bridgehead atoms. The van der Waals surface area contributed by atoms with Crippen LogP contribution in [-0.2, 0) is 4.79 Å². The van der Waals surface area contributed by atoms with Crippen molar-refractivity contribution < 1.29 is 19.1 Å². The molecule has 0 aromatic heterocycles. The van der Waals surface area contributed by atoms with Crippen molar-refractivity contribution in [3.05, 3.63) is 24.3 Å². The van der Waals surface area contributed by atoms with Crippen LogP contribution in [0.15, 0.2) is 24.3 Å². The van der Waals surface area contributed by atoms with Gasteiger partial charge in [0.15, 0.2) is 0 Å². The zero-order valence-corrected chi connectivity index (χ0v) is 13.4. The molecular weight excluding hydrogens is 312 g/mol. The Bertz CT molecular complexity index is 647. The molecule has 8 heteroatoms. The predicted octanol–water partition coefficient (Wildman–Crippen LogP) is 1.24. The van der Waals surface area contributed by atoms with Gasteiger partial charge in [0, 0.05) is 13.1 Å². The molecule has 8 nitrogen and oxygen atoms in total. The number of hydrogen-bond donors (Lipinski definition) is 2. The first-order chi connectivity index (χ1) is 11.6. The third-order valence-electron chi connectivity index (χ3n) is 4.12. The number of anilines is 1. The molecular formula is C16H20N4O4. The average Bonchev–Trinajstić information content (AvgIpc) is 3.16. The standard InChI is InChI=1S/C16H20N4O4/c1-2-24-13-6-4-3-5-12(13)18-16(23)19-8-7-11(10-19)20-14(21)9-17-15(20)22/h3-6,11H,2,7-10H2,1H3,(H,17,22)(H,18,23). The van der Waals surface area contributed by atoms with Crippen molar-refractivity contribution in [3.63, 3.8) is 0 Å². The molecule has 0 radical (unpaired) electrons. The van der Waals surface area contributed by atoms with Gasteiger partial charge in [-0.15, -0.1) is 0 Å². The topological polar surface area (TPSA) is 91.0 Å². The molecule has 2 aliphatic rings. The van der Waals surface area contributed by atoms with Crippen LogP contribution in [0.2, 0.25) is 0 Å². The summed E-state index contributed by atoms with van der Waals surface area (Å²) in [6.45, 7) is 3.24. The average molecular weight is 332 g/mol. The van der Waals surface area contributed by atoms with Crippen LogP contribution in [0.25, 0.3) is 0 Å². The zero-order chi connectivity index (χ0) is 17.1. The summed E-state index contributed by atoms with van der Waals surface area (Å²) in [4.78, 5) is 38.8. The summed E-state index contributed by atoms with van der Waals surface area (Å²) in [7, 11) is 0. The number of carbonyl (C=O) groups is 3. The normalized spacial score (nSPS) is 20.3. The smallest absolute Gasteiger partial charge is 0.324 e. The van der Waals surface area contributed by atoms with Crippen molar-refractivity contribution in [2.24, 2.45) is 0 Å². The quantitative estimate of drug-likeness (QED) is 0.812. The van der Waals surface area contributed by atoms with Crippen LogP contribution in [0.5, 0.6) is 5.75 Å². The van der Waals surface area contributed by atoms with E-state index in [1.165, 1.54) is 4.90 Å². The highest BCUT2D eigenvalue weighted by Gasteiger charge is 2.39. The Morgan fingerprint density at radius 1 is 1.38 bits per heavy atom. The lowest BCUT2D eigenvalue weighted by Gasteiger charge is -2.22. The van der Waals surface area contributed by atoms with Crippen molar-refractivity contribution in [2.45, 2.75) is 19.4 Å². The van der Waals surface area contributed by atoms with E-state index in [1.807, 2.05) is 19.1 Å². The third-order valence-corrected chi connectivity index (χ3v) is 4.12. The lowest BCUT2D eigenvalue weighted by molar-refractivity contribution is -0.126. The van der Waals surface area contributed by atoms with Crippen molar-refractivity contribution in [1.82, 2.24) is 15.1 Å². The largest absolute Gasteiger partial charge is 0.492 e. The molecule has 0 spiro atoms. The van der Waals surface area contributed by atoms with Gasteiger partial charge >= 0.3 is 12.1 Å². The molecule has 1 aromatic rings. The minimum atomic E-state index is -0.381. The van der Waals surface area contributed by atoms with E-state index in [2.05, 4.69) is 10.6 Å². The number of carbonyl (C=O) groups excluding carboxylic acids is 3. The van der Waals surface area contributed by atoms with Crippen LogP contribution >= 0.6 is 0 Å². The number of nitrogens with one attached hydrogen (secondary N) is 2. The van der Waals surface area contributed by atoms with Gasteiger partial charge in [0.1, 0.15) is 5.75 Å². The Labute approximate surface area is 139 Å². The van der Waals surface area contributed by atoms with Gasteiger partial charge in [-0.3, -0.25) is 9.69 Å². The molecule has 2 fully saturated rings. The summed E-state index contributed by atoms with van der Waals surface area (Å²) >= 11 is 0. The van der Waals surface area contributed by atoms with E-state index in [0.717, 1.165) is 0 Å². The summed E-state index contributed by atoms with van der Waals surface area (Å²) in [6, 6.07) is 6.30. The maximum absolute atomic E-state index is 12.4. The maximum atomic E-state index is 12.4. The fourth-order valence-electron chi connectivity index (χ4n) is 2.99. The Morgan fingerprint density at radius 2 is 2.17 bits per heavy atom. The Morgan fingerprint density at radius 3 is 2.88 bits per heavy atom. The SMILES string of the molecule is CCOc1ccccc1NC(=O)N1CCC(N2C(=O)CNC2=O)C1. The van der Waals surface area contributed by atoms with Crippen LogP contribution < -0.4 is 15.4 Å². The van der Waals surface area contributed by atoms with Crippen LogP contribution in [0.3, 0.4) is 0 Å². The van der Waals surface area contributed by atoms with Gasteiger partial charge in [-0.1, -0.05) is 12.1 Å².